The monoisotopic (exact) mass is 423 g/mol. The lowest BCUT2D eigenvalue weighted by molar-refractivity contribution is 0.464. The van der Waals surface area contributed by atoms with Crippen LogP contribution in [0.4, 0.5) is 0 Å². The van der Waals surface area contributed by atoms with E-state index in [0.717, 1.165) is 22.6 Å². The first-order valence-electron chi connectivity index (χ1n) is 11.5. The number of hydrogen-bond acceptors (Lipinski definition) is 1. The summed E-state index contributed by atoms with van der Waals surface area (Å²) < 4.78 is 9.40. The van der Waals surface area contributed by atoms with Crippen LogP contribution in [0.2, 0.25) is 0 Å². The zero-order valence-electron chi connectivity index (χ0n) is 18.5. The molecular formula is C31H21NO. The maximum absolute atomic E-state index is 6.98. The highest BCUT2D eigenvalue weighted by atomic mass is 16.5. The predicted molar refractivity (Wildman–Crippen MR) is 136 cm³/mol. The molecule has 0 atom stereocenters. The van der Waals surface area contributed by atoms with Gasteiger partial charge in [0.25, 0.3) is 0 Å². The number of aromatic nitrogens is 1. The van der Waals surface area contributed by atoms with E-state index in [9.17, 15) is 0 Å². The second kappa shape index (κ2) is 5.65. The summed E-state index contributed by atoms with van der Waals surface area (Å²) in [7, 11) is 0. The standard InChI is InChI=1S/C31H21NO/c1-31(2)24-13-7-5-11-20(24)22-17-23-21-12-6-8-14-25(21)32-26-16-15-18-9-3-4-10-19(18)29(26)33-30(27(22)31)28(23)32/h3-17H,1-2H3. The Labute approximate surface area is 191 Å². The van der Waals surface area contributed by atoms with Gasteiger partial charge in [0.05, 0.1) is 16.7 Å². The highest BCUT2D eigenvalue weighted by Crippen LogP contribution is 2.58. The molecule has 0 unspecified atom stereocenters. The van der Waals surface area contributed by atoms with E-state index < -0.39 is 0 Å². The number of hydrogen-bond donors (Lipinski definition) is 0. The first-order valence-corrected chi connectivity index (χ1v) is 11.5. The predicted octanol–water partition coefficient (Wildman–Crippen LogP) is 8.35. The van der Waals surface area contributed by atoms with Gasteiger partial charge in [-0.25, -0.2) is 0 Å². The topological polar surface area (TPSA) is 14.2 Å². The van der Waals surface area contributed by atoms with Crippen LogP contribution in [0.5, 0.6) is 11.5 Å². The molecule has 0 spiro atoms. The Bertz CT molecular complexity index is 1820. The first-order chi connectivity index (χ1) is 16.1. The van der Waals surface area contributed by atoms with Crippen molar-refractivity contribution in [3.8, 4) is 28.3 Å². The van der Waals surface area contributed by atoms with Crippen LogP contribution in [0, 0.1) is 0 Å². The van der Waals surface area contributed by atoms with Crippen LogP contribution in [0.25, 0.3) is 49.4 Å². The Morgan fingerprint density at radius 1 is 0.667 bits per heavy atom. The molecular weight excluding hydrogens is 402 g/mol. The summed E-state index contributed by atoms with van der Waals surface area (Å²) in [5.41, 5.74) is 8.65. The van der Waals surface area contributed by atoms with Crippen molar-refractivity contribution in [3.05, 3.63) is 102 Å². The van der Waals surface area contributed by atoms with Crippen molar-refractivity contribution in [2.45, 2.75) is 19.3 Å². The Balaban J connectivity index is 1.63. The first kappa shape index (κ1) is 17.5. The van der Waals surface area contributed by atoms with E-state index in [1.54, 1.807) is 0 Å². The molecule has 0 fully saturated rings. The molecule has 0 saturated heterocycles. The lowest BCUT2D eigenvalue weighted by Crippen LogP contribution is -2.17. The fourth-order valence-corrected chi connectivity index (χ4v) is 6.29. The lowest BCUT2D eigenvalue weighted by Gasteiger charge is -2.29. The number of rotatable bonds is 0. The van der Waals surface area contributed by atoms with Gasteiger partial charge in [-0.05, 0) is 40.3 Å². The zero-order valence-corrected chi connectivity index (χ0v) is 18.5. The summed E-state index contributed by atoms with van der Waals surface area (Å²) >= 11 is 0. The van der Waals surface area contributed by atoms with Crippen molar-refractivity contribution < 1.29 is 4.74 Å². The van der Waals surface area contributed by atoms with Gasteiger partial charge in [0.15, 0.2) is 11.5 Å². The Hall–Kier alpha value is -4.04. The summed E-state index contributed by atoms with van der Waals surface area (Å²) in [6, 6.07) is 32.9. The van der Waals surface area contributed by atoms with Gasteiger partial charge in [0, 0.05) is 27.1 Å². The minimum absolute atomic E-state index is 0.140. The van der Waals surface area contributed by atoms with Crippen molar-refractivity contribution in [1.82, 2.24) is 4.57 Å². The van der Waals surface area contributed by atoms with Crippen molar-refractivity contribution in [2.75, 3.05) is 0 Å². The van der Waals surface area contributed by atoms with E-state index in [-0.39, 0.29) is 5.41 Å². The molecule has 2 heterocycles. The Morgan fingerprint density at radius 2 is 1.42 bits per heavy atom. The third kappa shape index (κ3) is 1.96. The smallest absolute Gasteiger partial charge is 0.159 e. The lowest BCUT2D eigenvalue weighted by atomic mass is 9.81. The van der Waals surface area contributed by atoms with Crippen molar-refractivity contribution >= 4 is 32.6 Å². The molecule has 2 aliphatic rings. The maximum Gasteiger partial charge on any atom is 0.159 e. The summed E-state index contributed by atoms with van der Waals surface area (Å²) in [5.74, 6) is 1.95. The molecule has 0 bridgehead atoms. The summed E-state index contributed by atoms with van der Waals surface area (Å²) in [5, 5.41) is 4.87. The molecule has 0 N–H and O–H groups in total. The second-order valence-corrected chi connectivity index (χ2v) is 9.78. The van der Waals surface area contributed by atoms with Crippen LogP contribution in [-0.2, 0) is 5.41 Å². The third-order valence-electron chi connectivity index (χ3n) is 7.73. The van der Waals surface area contributed by atoms with Gasteiger partial charge in [-0.2, -0.15) is 0 Å². The zero-order chi connectivity index (χ0) is 21.9. The molecule has 1 aliphatic heterocycles. The van der Waals surface area contributed by atoms with Crippen molar-refractivity contribution in [1.29, 1.82) is 0 Å². The largest absolute Gasteiger partial charge is 0.452 e. The molecule has 1 aromatic heterocycles. The van der Waals surface area contributed by atoms with Gasteiger partial charge in [-0.1, -0.05) is 86.6 Å². The molecule has 5 aromatic carbocycles. The molecule has 2 nitrogen and oxygen atoms in total. The second-order valence-electron chi connectivity index (χ2n) is 9.78. The molecule has 33 heavy (non-hydrogen) atoms. The van der Waals surface area contributed by atoms with E-state index in [2.05, 4.69) is 109 Å². The molecule has 0 saturated carbocycles. The molecule has 2 heteroatoms. The summed E-state index contributed by atoms with van der Waals surface area (Å²) in [4.78, 5) is 0. The van der Waals surface area contributed by atoms with Gasteiger partial charge in [-0.3, -0.25) is 0 Å². The van der Waals surface area contributed by atoms with Crippen LogP contribution in [0.15, 0.2) is 91.0 Å². The summed E-state index contributed by atoms with van der Waals surface area (Å²) in [6.45, 7) is 4.66. The quantitative estimate of drug-likeness (QED) is 0.239. The van der Waals surface area contributed by atoms with E-state index in [1.165, 1.54) is 49.4 Å². The molecule has 1 aliphatic carbocycles. The molecule has 156 valence electrons. The highest BCUT2D eigenvalue weighted by Gasteiger charge is 2.41. The fraction of sp³-hybridized carbons (Fsp3) is 0.0968. The van der Waals surface area contributed by atoms with Crippen LogP contribution in [-0.4, -0.2) is 4.57 Å². The van der Waals surface area contributed by atoms with Crippen LogP contribution >= 0.6 is 0 Å². The molecule has 8 rings (SSSR count). The number of nitrogens with zero attached hydrogens (tertiary/aromatic N) is 1. The van der Waals surface area contributed by atoms with Crippen molar-refractivity contribution in [3.63, 3.8) is 0 Å². The van der Waals surface area contributed by atoms with Crippen LogP contribution in [0.3, 0.4) is 0 Å². The van der Waals surface area contributed by atoms with Gasteiger partial charge in [0.2, 0.25) is 0 Å². The summed E-state index contributed by atoms with van der Waals surface area (Å²) in [6.07, 6.45) is 0. The number of para-hydroxylation sites is 1. The molecule has 0 radical (unpaired) electrons. The minimum Gasteiger partial charge on any atom is -0.452 e. The van der Waals surface area contributed by atoms with E-state index in [1.807, 2.05) is 0 Å². The number of ether oxygens (including phenoxy) is 1. The normalized spacial score (nSPS) is 14.8. The van der Waals surface area contributed by atoms with Gasteiger partial charge < -0.3 is 9.30 Å². The average molecular weight is 424 g/mol. The van der Waals surface area contributed by atoms with E-state index in [0.29, 0.717) is 0 Å². The average Bonchev–Trinajstić information content (AvgIpc) is 3.30. The number of benzene rings is 5. The SMILES string of the molecule is CC1(C)c2ccccc2-c2cc3c4ccccc4n4c3c(c21)Oc1c-4ccc2ccccc12. The molecule has 6 aromatic rings. The van der Waals surface area contributed by atoms with Gasteiger partial charge in [0.1, 0.15) is 0 Å². The third-order valence-corrected chi connectivity index (χ3v) is 7.73. The van der Waals surface area contributed by atoms with Gasteiger partial charge >= 0.3 is 0 Å². The van der Waals surface area contributed by atoms with Crippen molar-refractivity contribution in [2.24, 2.45) is 0 Å². The van der Waals surface area contributed by atoms with E-state index >= 15 is 0 Å². The highest BCUT2D eigenvalue weighted by molar-refractivity contribution is 6.15. The fourth-order valence-electron chi connectivity index (χ4n) is 6.29. The van der Waals surface area contributed by atoms with Gasteiger partial charge in [-0.15, -0.1) is 0 Å². The van der Waals surface area contributed by atoms with Crippen LogP contribution < -0.4 is 4.74 Å². The molecule has 0 amide bonds. The number of fused-ring (bicyclic) bond motifs is 11. The minimum atomic E-state index is -0.140. The Kier molecular flexibility index (Phi) is 3.00. The Morgan fingerprint density at radius 3 is 2.33 bits per heavy atom. The van der Waals surface area contributed by atoms with Crippen LogP contribution in [0.1, 0.15) is 25.0 Å². The maximum atomic E-state index is 6.98. The van der Waals surface area contributed by atoms with E-state index in [4.69, 9.17) is 4.74 Å².